The summed E-state index contributed by atoms with van der Waals surface area (Å²) in [5, 5.41) is 2.06. The molecule has 13 heteroatoms. The molecule has 2 amide bonds. The van der Waals surface area contributed by atoms with Gasteiger partial charge in [-0.15, -0.1) is 0 Å². The lowest BCUT2D eigenvalue weighted by Gasteiger charge is -2.25. The van der Waals surface area contributed by atoms with Crippen LogP contribution in [0.1, 0.15) is 41.4 Å². The molecule has 0 aliphatic carbocycles. The van der Waals surface area contributed by atoms with Gasteiger partial charge in [0, 0.05) is 23.2 Å². The number of ether oxygens (including phenoxy) is 2. The van der Waals surface area contributed by atoms with Crippen LogP contribution in [-0.4, -0.2) is 43.2 Å². The normalized spacial score (nSPS) is 12.5. The molecule has 40 heavy (non-hydrogen) atoms. The molecule has 8 nitrogen and oxygen atoms in total. The van der Waals surface area contributed by atoms with Crippen molar-refractivity contribution in [3.63, 3.8) is 0 Å². The molecule has 0 spiro atoms. The van der Waals surface area contributed by atoms with Crippen LogP contribution in [-0.2, 0) is 10.3 Å². The van der Waals surface area contributed by atoms with E-state index in [-0.39, 0.29) is 33.3 Å². The van der Waals surface area contributed by atoms with Crippen molar-refractivity contribution in [2.45, 2.75) is 31.5 Å². The summed E-state index contributed by atoms with van der Waals surface area (Å²) in [5.74, 6) is -4.28. The molecule has 1 unspecified atom stereocenters. The third-order valence-electron chi connectivity index (χ3n) is 5.82. The maximum atomic E-state index is 14.3. The number of nitrogens with one attached hydrogen (secondary N) is 1. The van der Waals surface area contributed by atoms with Crippen LogP contribution in [0.4, 0.5) is 17.6 Å². The van der Waals surface area contributed by atoms with Crippen LogP contribution in [0.5, 0.6) is 11.5 Å². The molecule has 2 aromatic carbocycles. The molecule has 0 radical (unpaired) electrons. The maximum Gasteiger partial charge on any atom is 0.398 e. The third kappa shape index (κ3) is 7.60. The molecule has 214 valence electrons. The first-order valence-corrected chi connectivity index (χ1v) is 12.2. The highest BCUT2D eigenvalue weighted by atomic mass is 35.5. The van der Waals surface area contributed by atoms with E-state index in [4.69, 9.17) is 32.5 Å². The number of methoxy groups -OCH3 is 1. The number of primary amides is 1. The average molecular weight is 583 g/mol. The van der Waals surface area contributed by atoms with Gasteiger partial charge in [0.1, 0.15) is 11.7 Å². The van der Waals surface area contributed by atoms with Crippen molar-refractivity contribution in [2.75, 3.05) is 20.3 Å². The average Bonchev–Trinajstić information content (AvgIpc) is 2.87. The van der Waals surface area contributed by atoms with Crippen molar-refractivity contribution >= 4 is 23.4 Å². The zero-order chi connectivity index (χ0) is 29.8. The predicted molar refractivity (Wildman–Crippen MR) is 141 cm³/mol. The molecule has 0 fully saturated rings. The largest absolute Gasteiger partial charge is 0.493 e. The van der Waals surface area contributed by atoms with Gasteiger partial charge in [-0.3, -0.25) is 14.6 Å². The van der Waals surface area contributed by atoms with E-state index in [1.807, 2.05) is 0 Å². The van der Waals surface area contributed by atoms with Gasteiger partial charge >= 0.3 is 6.18 Å². The number of halogens is 5. The van der Waals surface area contributed by atoms with E-state index in [1.54, 1.807) is 13.8 Å². The van der Waals surface area contributed by atoms with E-state index >= 15 is 0 Å². The van der Waals surface area contributed by atoms with E-state index in [0.29, 0.717) is 5.56 Å². The van der Waals surface area contributed by atoms with Gasteiger partial charge in [0.05, 0.1) is 23.5 Å². The Morgan fingerprint density at radius 2 is 1.77 bits per heavy atom. The first kappa shape index (κ1) is 30.6. The minimum Gasteiger partial charge on any atom is -0.493 e. The fourth-order valence-electron chi connectivity index (χ4n) is 3.67. The third-order valence-corrected chi connectivity index (χ3v) is 6.11. The first-order valence-electron chi connectivity index (χ1n) is 11.8. The van der Waals surface area contributed by atoms with Crippen LogP contribution < -0.4 is 26.3 Å². The molecule has 3 aromatic rings. The summed E-state index contributed by atoms with van der Waals surface area (Å²) in [6.45, 7) is 1.94. The second-order valence-electron chi connectivity index (χ2n) is 9.44. The molecule has 5 N–H and O–H groups in total. The van der Waals surface area contributed by atoms with Gasteiger partial charge < -0.3 is 26.3 Å². The Hall–Kier alpha value is -3.90. The Morgan fingerprint density at radius 3 is 2.35 bits per heavy atom. The number of nitrogens with zero attached hydrogens (tertiary/aromatic N) is 1. The van der Waals surface area contributed by atoms with Gasteiger partial charge in [0.2, 0.25) is 0 Å². The molecule has 1 heterocycles. The Kier molecular flexibility index (Phi) is 9.26. The van der Waals surface area contributed by atoms with Crippen molar-refractivity contribution in [3.8, 4) is 22.8 Å². The van der Waals surface area contributed by atoms with Crippen LogP contribution >= 0.6 is 11.6 Å². The minimum atomic E-state index is -4.81. The van der Waals surface area contributed by atoms with Crippen LogP contribution in [0.2, 0.25) is 5.02 Å². The maximum absolute atomic E-state index is 14.3. The van der Waals surface area contributed by atoms with Crippen LogP contribution in [0.15, 0.2) is 48.5 Å². The number of nitrogens with two attached hydrogens (primary N) is 2. The number of pyridine rings is 1. The molecule has 1 atom stereocenters. The SMILES string of the molecule is COc1cc(C(=O)NCC(c2cc(C(C)(C)N)cc(-c3ccc(F)c(Cl)c3)n2)C(F)(F)F)ccc1OCC(N)=O. The molecular weight excluding hydrogens is 556 g/mol. The molecule has 0 bridgehead atoms. The van der Waals surface area contributed by atoms with Crippen LogP contribution in [0.25, 0.3) is 11.3 Å². The summed E-state index contributed by atoms with van der Waals surface area (Å²) < 4.78 is 66.9. The van der Waals surface area contributed by atoms with Crippen molar-refractivity contribution in [3.05, 3.63) is 76.2 Å². The fourth-order valence-corrected chi connectivity index (χ4v) is 3.85. The first-order chi connectivity index (χ1) is 18.6. The summed E-state index contributed by atoms with van der Waals surface area (Å²) in [5.41, 5.74) is 10.5. The van der Waals surface area contributed by atoms with Gasteiger partial charge in [-0.05, 0) is 67.9 Å². The van der Waals surface area contributed by atoms with E-state index in [1.165, 1.54) is 49.6 Å². The highest BCUT2D eigenvalue weighted by Gasteiger charge is 2.42. The molecular formula is C27H27ClF4N4O4. The molecule has 0 saturated carbocycles. The van der Waals surface area contributed by atoms with Gasteiger partial charge in [-0.1, -0.05) is 11.6 Å². The van der Waals surface area contributed by atoms with Crippen LogP contribution in [0.3, 0.4) is 0 Å². The lowest BCUT2D eigenvalue weighted by atomic mass is 9.91. The molecule has 3 rings (SSSR count). The standard InChI is InChI=1S/C27H27ClF4N4O4/c1-26(2,34)16-10-20(14-4-6-19(29)18(28)8-14)36-21(11-16)17(27(30,31)32)12-35-25(38)15-5-7-22(23(9-15)39-3)40-13-24(33)37/h4-11,17H,12-13,34H2,1-3H3,(H2,33,37)(H,35,38). The van der Waals surface area contributed by atoms with Gasteiger partial charge in [0.15, 0.2) is 18.1 Å². The van der Waals surface area contributed by atoms with Crippen molar-refractivity contribution in [1.29, 1.82) is 0 Å². The number of amides is 2. The van der Waals surface area contributed by atoms with Gasteiger partial charge in [-0.2, -0.15) is 13.2 Å². The summed E-state index contributed by atoms with van der Waals surface area (Å²) in [6.07, 6.45) is -4.81. The fraction of sp³-hybridized carbons (Fsp3) is 0.296. The number of hydrogen-bond donors (Lipinski definition) is 3. The van der Waals surface area contributed by atoms with Crippen molar-refractivity contribution < 1.29 is 36.6 Å². The lowest BCUT2D eigenvalue weighted by Crippen LogP contribution is -2.36. The summed E-state index contributed by atoms with van der Waals surface area (Å²) in [7, 11) is 1.29. The van der Waals surface area contributed by atoms with E-state index < -0.39 is 54.1 Å². The second-order valence-corrected chi connectivity index (χ2v) is 9.85. The van der Waals surface area contributed by atoms with Crippen molar-refractivity contribution in [1.82, 2.24) is 10.3 Å². The number of benzene rings is 2. The summed E-state index contributed by atoms with van der Waals surface area (Å²) in [4.78, 5) is 28.0. The second kappa shape index (κ2) is 12.1. The highest BCUT2D eigenvalue weighted by Crippen LogP contribution is 2.37. The minimum absolute atomic E-state index is 0.0179. The zero-order valence-corrected chi connectivity index (χ0v) is 22.5. The molecule has 0 aliphatic heterocycles. The molecule has 1 aromatic heterocycles. The predicted octanol–water partition coefficient (Wildman–Crippen LogP) is 4.68. The smallest absolute Gasteiger partial charge is 0.398 e. The van der Waals surface area contributed by atoms with Gasteiger partial charge in [0.25, 0.3) is 11.8 Å². The monoisotopic (exact) mass is 582 g/mol. The number of alkyl halides is 3. The van der Waals surface area contributed by atoms with Gasteiger partial charge in [-0.25, -0.2) is 4.39 Å². The number of rotatable bonds is 10. The quantitative estimate of drug-likeness (QED) is 0.298. The van der Waals surface area contributed by atoms with E-state index in [0.717, 1.165) is 6.07 Å². The Morgan fingerprint density at radius 1 is 1.07 bits per heavy atom. The highest BCUT2D eigenvalue weighted by molar-refractivity contribution is 6.31. The molecule has 0 saturated heterocycles. The van der Waals surface area contributed by atoms with Crippen molar-refractivity contribution in [2.24, 2.45) is 11.5 Å². The Labute approximate surface area is 232 Å². The number of carbonyl (C=O) groups is 2. The number of hydrogen-bond acceptors (Lipinski definition) is 6. The Bertz CT molecular complexity index is 1410. The molecule has 0 aliphatic rings. The summed E-state index contributed by atoms with van der Waals surface area (Å²) in [6, 6.07) is 10.3. The number of aromatic nitrogens is 1. The Balaban J connectivity index is 1.94. The topological polar surface area (TPSA) is 130 Å². The zero-order valence-electron chi connectivity index (χ0n) is 21.7. The van der Waals surface area contributed by atoms with Crippen LogP contribution in [0, 0.1) is 5.82 Å². The summed E-state index contributed by atoms with van der Waals surface area (Å²) >= 11 is 5.88. The lowest BCUT2D eigenvalue weighted by molar-refractivity contribution is -0.149. The van der Waals surface area contributed by atoms with E-state index in [9.17, 15) is 27.2 Å². The van der Waals surface area contributed by atoms with E-state index in [2.05, 4.69) is 10.3 Å². The number of carbonyl (C=O) groups excluding carboxylic acids is 2.